The lowest BCUT2D eigenvalue weighted by atomic mass is 10.3. The third kappa shape index (κ3) is 1.55. The first kappa shape index (κ1) is 7.69. The Bertz CT molecular complexity index is 195. The van der Waals surface area contributed by atoms with Crippen molar-refractivity contribution in [3.63, 3.8) is 0 Å². The van der Waals surface area contributed by atoms with Gasteiger partial charge in [-0.1, -0.05) is 6.92 Å². The molecule has 1 rings (SSSR count). The van der Waals surface area contributed by atoms with E-state index in [1.165, 1.54) is 10.6 Å². The first-order valence-corrected chi connectivity index (χ1v) is 4.32. The van der Waals surface area contributed by atoms with E-state index in [9.17, 15) is 0 Å². The molecule has 1 heterocycles. The summed E-state index contributed by atoms with van der Waals surface area (Å²) in [6.45, 7) is 3.09. The largest absolute Gasteiger partial charge is 0.315 e. The van der Waals surface area contributed by atoms with Gasteiger partial charge in [0.25, 0.3) is 0 Å². The van der Waals surface area contributed by atoms with Crippen LogP contribution in [0.4, 0.5) is 0 Å². The van der Waals surface area contributed by atoms with Crippen molar-refractivity contribution >= 4 is 11.3 Å². The fourth-order valence-electron chi connectivity index (χ4n) is 0.886. The van der Waals surface area contributed by atoms with Gasteiger partial charge in [-0.15, -0.1) is 11.3 Å². The van der Waals surface area contributed by atoms with Crippen molar-refractivity contribution in [3.8, 4) is 0 Å². The monoisotopic (exact) mass is 156 g/mol. The minimum atomic E-state index is 0.952. The van der Waals surface area contributed by atoms with Crippen molar-refractivity contribution in [2.75, 3.05) is 7.05 Å². The van der Waals surface area contributed by atoms with Crippen molar-refractivity contribution in [2.45, 2.75) is 19.9 Å². The lowest BCUT2D eigenvalue weighted by Crippen LogP contribution is -2.05. The van der Waals surface area contributed by atoms with Gasteiger partial charge >= 0.3 is 0 Å². The molecule has 0 saturated heterocycles. The van der Waals surface area contributed by atoms with E-state index < -0.39 is 0 Å². The third-order valence-corrected chi connectivity index (χ3v) is 2.27. The van der Waals surface area contributed by atoms with Gasteiger partial charge in [0.15, 0.2) is 0 Å². The van der Waals surface area contributed by atoms with Gasteiger partial charge in [-0.3, -0.25) is 0 Å². The Kier molecular flexibility index (Phi) is 2.83. The first-order valence-electron chi connectivity index (χ1n) is 3.44. The van der Waals surface area contributed by atoms with Crippen LogP contribution in [0.2, 0.25) is 0 Å². The number of nitrogens with zero attached hydrogens (tertiary/aromatic N) is 1. The van der Waals surface area contributed by atoms with Gasteiger partial charge in [-0.05, 0) is 13.5 Å². The summed E-state index contributed by atoms with van der Waals surface area (Å²) in [5, 5.41) is 3.12. The van der Waals surface area contributed by atoms with Gasteiger partial charge in [0.05, 0.1) is 11.2 Å². The minimum Gasteiger partial charge on any atom is -0.315 e. The molecule has 0 bridgehead atoms. The maximum atomic E-state index is 4.23. The van der Waals surface area contributed by atoms with Crippen molar-refractivity contribution < 1.29 is 0 Å². The fraction of sp³-hybridized carbons (Fsp3) is 0.571. The fourth-order valence-corrected chi connectivity index (χ4v) is 1.75. The molecule has 0 amide bonds. The lowest BCUT2D eigenvalue weighted by molar-refractivity contribution is 0.814. The van der Waals surface area contributed by atoms with Crippen molar-refractivity contribution in [1.29, 1.82) is 0 Å². The molecule has 0 aliphatic heterocycles. The highest BCUT2D eigenvalue weighted by atomic mass is 32.1. The Morgan fingerprint density at radius 1 is 1.70 bits per heavy atom. The zero-order valence-corrected chi connectivity index (χ0v) is 7.16. The van der Waals surface area contributed by atoms with Gasteiger partial charge in [0, 0.05) is 11.4 Å². The number of aromatic nitrogens is 1. The van der Waals surface area contributed by atoms with Crippen LogP contribution in [0.1, 0.15) is 17.5 Å². The molecule has 3 heteroatoms. The second-order valence-corrected chi connectivity index (χ2v) is 3.05. The van der Waals surface area contributed by atoms with Crippen LogP contribution in [0.5, 0.6) is 0 Å². The highest BCUT2D eigenvalue weighted by molar-refractivity contribution is 7.09. The predicted molar refractivity (Wildman–Crippen MR) is 44.3 cm³/mol. The number of hydrogen-bond donors (Lipinski definition) is 1. The molecule has 0 unspecified atom stereocenters. The summed E-state index contributed by atoms with van der Waals surface area (Å²) in [6, 6.07) is 0. The normalized spacial score (nSPS) is 10.2. The molecule has 0 aliphatic rings. The summed E-state index contributed by atoms with van der Waals surface area (Å²) in [7, 11) is 1.96. The summed E-state index contributed by atoms with van der Waals surface area (Å²) < 4.78 is 0. The molecule has 0 aliphatic carbocycles. The van der Waals surface area contributed by atoms with E-state index in [4.69, 9.17) is 0 Å². The molecular formula is C7H12N2S. The summed E-state index contributed by atoms with van der Waals surface area (Å²) in [5.74, 6) is 0. The Morgan fingerprint density at radius 3 is 3.10 bits per heavy atom. The van der Waals surface area contributed by atoms with Gasteiger partial charge in [0.1, 0.15) is 0 Å². The Hall–Kier alpha value is -0.410. The van der Waals surface area contributed by atoms with Crippen molar-refractivity contribution in [3.05, 3.63) is 16.1 Å². The molecule has 1 N–H and O–H groups in total. The summed E-state index contributed by atoms with van der Waals surface area (Å²) in [5.41, 5.74) is 3.14. The molecule has 2 nitrogen and oxygen atoms in total. The van der Waals surface area contributed by atoms with E-state index in [1.54, 1.807) is 11.3 Å². The number of rotatable bonds is 3. The molecule has 0 radical (unpaired) electrons. The zero-order valence-electron chi connectivity index (χ0n) is 6.35. The molecule has 0 atom stereocenters. The zero-order chi connectivity index (χ0) is 7.40. The Balaban J connectivity index is 2.70. The van der Waals surface area contributed by atoms with Gasteiger partial charge in [-0.25, -0.2) is 4.98 Å². The molecule has 0 aromatic carbocycles. The second-order valence-electron chi connectivity index (χ2n) is 2.11. The first-order chi connectivity index (χ1) is 4.88. The highest BCUT2D eigenvalue weighted by Crippen LogP contribution is 2.12. The summed E-state index contributed by atoms with van der Waals surface area (Å²) in [6.07, 6.45) is 1.04. The number of nitrogens with one attached hydrogen (secondary N) is 1. The van der Waals surface area contributed by atoms with E-state index in [-0.39, 0.29) is 0 Å². The molecule has 1 aromatic heterocycles. The quantitative estimate of drug-likeness (QED) is 0.716. The third-order valence-electron chi connectivity index (χ3n) is 1.40. The van der Waals surface area contributed by atoms with Crippen LogP contribution in [-0.4, -0.2) is 12.0 Å². The second kappa shape index (κ2) is 3.68. The van der Waals surface area contributed by atoms with Crippen molar-refractivity contribution in [1.82, 2.24) is 10.3 Å². The molecule has 0 saturated carbocycles. The van der Waals surface area contributed by atoms with Gasteiger partial charge in [0.2, 0.25) is 0 Å². The van der Waals surface area contributed by atoms with Crippen molar-refractivity contribution in [2.24, 2.45) is 0 Å². The van der Waals surface area contributed by atoms with Crippen LogP contribution in [0.25, 0.3) is 0 Å². The highest BCUT2D eigenvalue weighted by Gasteiger charge is 2.00. The maximum absolute atomic E-state index is 4.23. The predicted octanol–water partition coefficient (Wildman–Crippen LogP) is 1.42. The molecule has 1 aromatic rings. The van der Waals surface area contributed by atoms with E-state index in [1.807, 2.05) is 12.6 Å². The van der Waals surface area contributed by atoms with Crippen LogP contribution >= 0.6 is 11.3 Å². The lowest BCUT2D eigenvalue weighted by Gasteiger charge is -1.96. The SMILES string of the molecule is CCc1ncsc1CNC. The minimum absolute atomic E-state index is 0.952. The summed E-state index contributed by atoms with van der Waals surface area (Å²) >= 11 is 1.73. The molecule has 0 fully saturated rings. The van der Waals surface area contributed by atoms with E-state index in [2.05, 4.69) is 17.2 Å². The van der Waals surface area contributed by atoms with E-state index in [0.29, 0.717) is 0 Å². The van der Waals surface area contributed by atoms with Gasteiger partial charge < -0.3 is 5.32 Å². The molecular weight excluding hydrogens is 144 g/mol. The number of aryl methyl sites for hydroxylation is 1. The van der Waals surface area contributed by atoms with E-state index in [0.717, 1.165) is 13.0 Å². The topological polar surface area (TPSA) is 24.9 Å². The Labute approximate surface area is 65.3 Å². The average Bonchev–Trinajstić information content (AvgIpc) is 2.36. The Morgan fingerprint density at radius 2 is 2.50 bits per heavy atom. The van der Waals surface area contributed by atoms with Crippen LogP contribution in [-0.2, 0) is 13.0 Å². The van der Waals surface area contributed by atoms with Crippen LogP contribution < -0.4 is 5.32 Å². The molecule has 10 heavy (non-hydrogen) atoms. The van der Waals surface area contributed by atoms with Crippen LogP contribution in [0, 0.1) is 0 Å². The average molecular weight is 156 g/mol. The standard InChI is InChI=1S/C7H12N2S/c1-3-6-7(4-8-2)10-5-9-6/h5,8H,3-4H2,1-2H3. The van der Waals surface area contributed by atoms with Crippen LogP contribution in [0.15, 0.2) is 5.51 Å². The van der Waals surface area contributed by atoms with Gasteiger partial charge in [-0.2, -0.15) is 0 Å². The summed E-state index contributed by atoms with van der Waals surface area (Å²) in [4.78, 5) is 5.60. The maximum Gasteiger partial charge on any atom is 0.0798 e. The van der Waals surface area contributed by atoms with E-state index >= 15 is 0 Å². The van der Waals surface area contributed by atoms with Crippen LogP contribution in [0.3, 0.4) is 0 Å². The number of thiazole rings is 1. The molecule has 0 spiro atoms. The number of hydrogen-bond acceptors (Lipinski definition) is 3. The molecule has 56 valence electrons. The smallest absolute Gasteiger partial charge is 0.0798 e.